The monoisotopic (exact) mass is 451 g/mol. The molecule has 0 heterocycles. The van der Waals surface area contributed by atoms with Crippen LogP contribution < -0.4 is 5.73 Å². The zero-order chi connectivity index (χ0) is 22.3. The topological polar surface area (TPSA) is 197 Å². The normalized spacial score (nSPS) is 12.5. The number of carbonyl (C=O) groups is 1. The van der Waals surface area contributed by atoms with Gasteiger partial charge in [0.15, 0.2) is 0 Å². The highest BCUT2D eigenvalue weighted by atomic mass is 32.2. The number of nitrogens with zero attached hydrogens (tertiary/aromatic N) is 2. The fraction of sp³-hybridized carbons (Fsp3) is 0. The number of aromatic carboxylic acids is 1. The third kappa shape index (κ3) is 4.44. The van der Waals surface area contributed by atoms with Crippen molar-refractivity contribution in [2.24, 2.45) is 10.2 Å². The van der Waals surface area contributed by atoms with Gasteiger partial charge in [0.25, 0.3) is 20.2 Å². The Morgan fingerprint density at radius 1 is 0.833 bits per heavy atom. The third-order valence-corrected chi connectivity index (χ3v) is 5.72. The van der Waals surface area contributed by atoms with Gasteiger partial charge in [-0.3, -0.25) is 9.11 Å². The van der Waals surface area contributed by atoms with Gasteiger partial charge in [0.1, 0.15) is 4.90 Å². The molecule has 3 rings (SSSR count). The standard InChI is InChI=1S/C17H13N3O8S2/c18-15-4-3-11(7-14(15)17(21)22)20-19-10-2-1-9-5-12(29(23,24)25)8-16(13(9)6-10)30(26,27)28/h1-8H,18H2,(H,21,22)(H,23,24,25)(H,26,27,28)/b20-19+. The summed E-state index contributed by atoms with van der Waals surface area (Å²) in [6.45, 7) is 0. The Kier molecular flexibility index (Phi) is 5.30. The number of azo groups is 1. The molecule has 0 spiro atoms. The Balaban J connectivity index is 2.12. The minimum absolute atomic E-state index is 0.0413. The second-order valence-corrected chi connectivity index (χ2v) is 8.87. The Hall–Kier alpha value is -3.39. The highest BCUT2D eigenvalue weighted by Gasteiger charge is 2.20. The Morgan fingerprint density at radius 3 is 2.00 bits per heavy atom. The van der Waals surface area contributed by atoms with Crippen LogP contribution in [0.15, 0.2) is 68.6 Å². The molecule has 0 saturated carbocycles. The van der Waals surface area contributed by atoms with E-state index in [1.54, 1.807) is 0 Å². The number of rotatable bonds is 5. The van der Waals surface area contributed by atoms with E-state index >= 15 is 0 Å². The second kappa shape index (κ2) is 7.46. The maximum absolute atomic E-state index is 11.7. The van der Waals surface area contributed by atoms with Gasteiger partial charge in [-0.25, -0.2) is 4.79 Å². The molecule has 3 aromatic rings. The van der Waals surface area contributed by atoms with E-state index < -0.39 is 36.0 Å². The van der Waals surface area contributed by atoms with E-state index in [1.807, 2.05) is 0 Å². The van der Waals surface area contributed by atoms with Crippen LogP contribution >= 0.6 is 0 Å². The van der Waals surface area contributed by atoms with Crippen molar-refractivity contribution in [3.8, 4) is 0 Å². The Bertz CT molecular complexity index is 1430. The van der Waals surface area contributed by atoms with Crippen molar-refractivity contribution in [3.05, 3.63) is 54.1 Å². The number of nitrogen functional groups attached to an aromatic ring is 1. The van der Waals surface area contributed by atoms with Gasteiger partial charge in [0.05, 0.1) is 21.8 Å². The van der Waals surface area contributed by atoms with Crippen molar-refractivity contribution in [1.29, 1.82) is 0 Å². The number of fused-ring (bicyclic) bond motifs is 1. The fourth-order valence-electron chi connectivity index (χ4n) is 2.62. The second-order valence-electron chi connectivity index (χ2n) is 6.05. The highest BCUT2D eigenvalue weighted by Crippen LogP contribution is 2.31. The molecule has 11 nitrogen and oxygen atoms in total. The van der Waals surface area contributed by atoms with Crippen molar-refractivity contribution in [3.63, 3.8) is 0 Å². The van der Waals surface area contributed by atoms with Crippen LogP contribution in [0.1, 0.15) is 10.4 Å². The van der Waals surface area contributed by atoms with Crippen LogP contribution in [0.25, 0.3) is 10.8 Å². The van der Waals surface area contributed by atoms with Gasteiger partial charge in [0.2, 0.25) is 0 Å². The Labute approximate surface area is 170 Å². The van der Waals surface area contributed by atoms with Crippen molar-refractivity contribution < 1.29 is 35.8 Å². The Morgan fingerprint density at radius 2 is 1.43 bits per heavy atom. The van der Waals surface area contributed by atoms with Crippen molar-refractivity contribution in [1.82, 2.24) is 0 Å². The van der Waals surface area contributed by atoms with Gasteiger partial charge in [-0.15, -0.1) is 0 Å². The molecule has 0 atom stereocenters. The van der Waals surface area contributed by atoms with Crippen LogP contribution in [-0.4, -0.2) is 37.0 Å². The van der Waals surface area contributed by atoms with E-state index in [2.05, 4.69) is 10.2 Å². The maximum atomic E-state index is 11.7. The first kappa shape index (κ1) is 21.3. The fourth-order valence-corrected chi connectivity index (χ4v) is 3.96. The van der Waals surface area contributed by atoms with E-state index in [9.17, 15) is 30.7 Å². The molecule has 0 radical (unpaired) electrons. The summed E-state index contributed by atoms with van der Waals surface area (Å²) < 4.78 is 64.8. The van der Waals surface area contributed by atoms with E-state index in [1.165, 1.54) is 36.4 Å². The number of benzene rings is 3. The average Bonchev–Trinajstić information content (AvgIpc) is 2.64. The summed E-state index contributed by atoms with van der Waals surface area (Å²) in [5, 5.41) is 16.9. The van der Waals surface area contributed by atoms with Gasteiger partial charge >= 0.3 is 5.97 Å². The number of hydrogen-bond acceptors (Lipinski definition) is 8. The van der Waals surface area contributed by atoms with E-state index in [4.69, 9.17) is 10.8 Å². The first-order valence-corrected chi connectivity index (χ1v) is 10.8. The molecular weight excluding hydrogens is 438 g/mol. The summed E-state index contributed by atoms with van der Waals surface area (Å²) in [6.07, 6.45) is 0. The predicted molar refractivity (Wildman–Crippen MR) is 106 cm³/mol. The van der Waals surface area contributed by atoms with Gasteiger partial charge in [-0.1, -0.05) is 6.07 Å². The summed E-state index contributed by atoms with van der Waals surface area (Å²) in [6, 6.07) is 9.53. The minimum Gasteiger partial charge on any atom is -0.478 e. The molecule has 3 aromatic carbocycles. The average molecular weight is 451 g/mol. The molecule has 30 heavy (non-hydrogen) atoms. The summed E-state index contributed by atoms with van der Waals surface area (Å²) in [5.41, 5.74) is 5.73. The zero-order valence-electron chi connectivity index (χ0n) is 14.8. The van der Waals surface area contributed by atoms with Crippen molar-refractivity contribution in [2.75, 3.05) is 5.73 Å². The molecule has 0 aliphatic rings. The smallest absolute Gasteiger partial charge is 0.337 e. The van der Waals surface area contributed by atoms with E-state index in [0.29, 0.717) is 6.07 Å². The largest absolute Gasteiger partial charge is 0.478 e. The molecule has 0 aromatic heterocycles. The third-order valence-electron chi connectivity index (χ3n) is 4.00. The lowest BCUT2D eigenvalue weighted by molar-refractivity contribution is 0.0698. The molecule has 0 aliphatic carbocycles. The van der Waals surface area contributed by atoms with Crippen LogP contribution in [0.3, 0.4) is 0 Å². The lowest BCUT2D eigenvalue weighted by Crippen LogP contribution is -2.04. The highest BCUT2D eigenvalue weighted by molar-refractivity contribution is 7.86. The molecule has 0 aliphatic heterocycles. The number of hydrogen-bond donors (Lipinski definition) is 4. The van der Waals surface area contributed by atoms with Crippen LogP contribution in [-0.2, 0) is 20.2 Å². The summed E-state index contributed by atoms with van der Waals surface area (Å²) >= 11 is 0. The number of anilines is 1. The van der Waals surface area contributed by atoms with Crippen LogP contribution in [0.2, 0.25) is 0 Å². The van der Waals surface area contributed by atoms with Gasteiger partial charge in [-0.2, -0.15) is 27.1 Å². The van der Waals surface area contributed by atoms with Gasteiger partial charge in [0, 0.05) is 11.1 Å². The predicted octanol–water partition coefficient (Wildman–Crippen LogP) is 3.03. The van der Waals surface area contributed by atoms with Gasteiger partial charge < -0.3 is 10.8 Å². The molecule has 156 valence electrons. The zero-order valence-corrected chi connectivity index (χ0v) is 16.4. The summed E-state index contributed by atoms with van der Waals surface area (Å²) in [4.78, 5) is 9.68. The van der Waals surface area contributed by atoms with Crippen LogP contribution in [0, 0.1) is 0 Å². The first-order chi connectivity index (χ1) is 13.9. The molecule has 0 saturated heterocycles. The summed E-state index contributed by atoms with van der Waals surface area (Å²) in [5.74, 6) is -1.25. The summed E-state index contributed by atoms with van der Waals surface area (Å²) in [7, 11) is -9.57. The van der Waals surface area contributed by atoms with E-state index in [0.717, 1.165) is 6.07 Å². The molecule has 0 fully saturated rings. The van der Waals surface area contributed by atoms with Crippen LogP contribution in [0.5, 0.6) is 0 Å². The van der Waals surface area contributed by atoms with Crippen LogP contribution in [0.4, 0.5) is 17.1 Å². The molecular formula is C17H13N3O8S2. The first-order valence-electron chi connectivity index (χ1n) is 7.93. The van der Waals surface area contributed by atoms with E-state index in [-0.39, 0.29) is 33.4 Å². The van der Waals surface area contributed by atoms with Gasteiger partial charge in [-0.05, 0) is 47.9 Å². The lowest BCUT2D eigenvalue weighted by Gasteiger charge is -2.07. The molecule has 0 amide bonds. The maximum Gasteiger partial charge on any atom is 0.337 e. The van der Waals surface area contributed by atoms with Crippen molar-refractivity contribution in [2.45, 2.75) is 9.79 Å². The molecule has 0 bridgehead atoms. The lowest BCUT2D eigenvalue weighted by atomic mass is 10.1. The number of carboxylic acids is 1. The minimum atomic E-state index is -4.84. The number of carboxylic acid groups (broad SMARTS) is 1. The molecule has 13 heteroatoms. The number of nitrogens with two attached hydrogens (primary N) is 1. The molecule has 0 unspecified atom stereocenters. The molecule has 5 N–H and O–H groups in total. The SMILES string of the molecule is Nc1ccc(/N=N/c2ccc3cc(S(=O)(=O)O)cc(S(=O)(=O)O)c3c2)cc1C(=O)O. The van der Waals surface area contributed by atoms with Crippen molar-refractivity contribution >= 4 is 54.0 Å². The quantitative estimate of drug-likeness (QED) is 0.256.